The molecule has 3 heterocycles. The first-order valence-electron chi connectivity index (χ1n) is 9.63. The molecule has 2 atom stereocenters. The average molecular weight is 385 g/mol. The second-order valence-corrected chi connectivity index (χ2v) is 7.33. The first kappa shape index (κ1) is 19.0. The Morgan fingerprint density at radius 2 is 2.18 bits per heavy atom. The predicted molar refractivity (Wildman–Crippen MR) is 102 cm³/mol. The van der Waals surface area contributed by atoms with E-state index in [0.29, 0.717) is 38.3 Å². The number of carbonyl (C=O) groups excluding carboxylic acids is 1. The van der Waals surface area contributed by atoms with Crippen LogP contribution in [-0.4, -0.2) is 47.9 Å². The van der Waals surface area contributed by atoms with Gasteiger partial charge in [-0.1, -0.05) is 12.1 Å². The van der Waals surface area contributed by atoms with Crippen LogP contribution in [0, 0.1) is 5.82 Å². The summed E-state index contributed by atoms with van der Waals surface area (Å²) in [6.07, 6.45) is 1.34. The van der Waals surface area contributed by atoms with Gasteiger partial charge < -0.3 is 20.5 Å². The summed E-state index contributed by atoms with van der Waals surface area (Å²) in [5, 5.41) is 16.2. The summed E-state index contributed by atoms with van der Waals surface area (Å²) in [7, 11) is 0. The van der Waals surface area contributed by atoms with Crippen LogP contribution in [-0.2, 0) is 24.1 Å². The highest BCUT2D eigenvalue weighted by Gasteiger charge is 2.27. The van der Waals surface area contributed by atoms with E-state index >= 15 is 0 Å². The lowest BCUT2D eigenvalue weighted by atomic mass is 9.94. The molecule has 148 valence electrons. The maximum Gasteiger partial charge on any atom is 0.270 e. The fourth-order valence-corrected chi connectivity index (χ4v) is 3.76. The van der Waals surface area contributed by atoms with Gasteiger partial charge in [-0.3, -0.25) is 4.79 Å². The maximum atomic E-state index is 13.2. The summed E-state index contributed by atoms with van der Waals surface area (Å²) in [4.78, 5) is 17.3. The fourth-order valence-electron chi connectivity index (χ4n) is 3.76. The average Bonchev–Trinajstić information content (AvgIpc) is 2.71. The Bertz CT molecular complexity index is 857. The molecular weight excluding hydrogens is 361 g/mol. The maximum absolute atomic E-state index is 13.2. The van der Waals surface area contributed by atoms with Crippen molar-refractivity contribution in [2.45, 2.75) is 38.0 Å². The summed E-state index contributed by atoms with van der Waals surface area (Å²) < 4.78 is 18.6. The molecule has 0 spiro atoms. The number of rotatable bonds is 4. The number of aliphatic hydroxyl groups excluding tert-OH is 1. The Hall–Kier alpha value is -2.35. The van der Waals surface area contributed by atoms with E-state index in [1.54, 1.807) is 12.1 Å². The molecule has 7 heteroatoms. The van der Waals surface area contributed by atoms with Gasteiger partial charge in [0.1, 0.15) is 11.5 Å². The van der Waals surface area contributed by atoms with Crippen LogP contribution in [0.25, 0.3) is 0 Å². The molecule has 0 saturated carbocycles. The van der Waals surface area contributed by atoms with Crippen LogP contribution in [0.15, 0.2) is 30.3 Å². The van der Waals surface area contributed by atoms with Crippen LogP contribution in [0.4, 0.5) is 4.39 Å². The highest BCUT2D eigenvalue weighted by Crippen LogP contribution is 2.22. The van der Waals surface area contributed by atoms with E-state index < -0.39 is 12.1 Å². The van der Waals surface area contributed by atoms with Gasteiger partial charge >= 0.3 is 0 Å². The normalized spacial score (nSPS) is 21.8. The van der Waals surface area contributed by atoms with E-state index in [-0.39, 0.29) is 11.7 Å². The highest BCUT2D eigenvalue weighted by molar-refractivity contribution is 5.93. The Labute approximate surface area is 163 Å². The van der Waals surface area contributed by atoms with Crippen molar-refractivity contribution < 1.29 is 19.0 Å². The number of fused-ring (bicyclic) bond motifs is 1. The topological polar surface area (TPSA) is 83.5 Å². The zero-order valence-corrected chi connectivity index (χ0v) is 15.6. The molecule has 3 N–H and O–H groups in total. The molecule has 2 aliphatic rings. The highest BCUT2D eigenvalue weighted by atomic mass is 19.1. The second-order valence-electron chi connectivity index (χ2n) is 7.33. The second kappa shape index (κ2) is 8.34. The molecule has 0 bridgehead atoms. The summed E-state index contributed by atoms with van der Waals surface area (Å²) in [6.45, 7) is 2.27. The minimum Gasteiger partial charge on any atom is -0.391 e. The van der Waals surface area contributed by atoms with Crippen molar-refractivity contribution in [2.75, 3.05) is 19.8 Å². The van der Waals surface area contributed by atoms with Gasteiger partial charge in [0.2, 0.25) is 0 Å². The van der Waals surface area contributed by atoms with Crippen molar-refractivity contribution in [2.24, 2.45) is 0 Å². The number of halogens is 1. The van der Waals surface area contributed by atoms with Crippen molar-refractivity contribution in [3.05, 3.63) is 64.2 Å². The van der Waals surface area contributed by atoms with E-state index in [9.17, 15) is 14.3 Å². The summed E-state index contributed by atoms with van der Waals surface area (Å²) in [6, 6.07) is 7.80. The Morgan fingerprint density at radius 3 is 2.96 bits per heavy atom. The van der Waals surface area contributed by atoms with Gasteiger partial charge in [-0.15, -0.1) is 0 Å². The lowest BCUT2D eigenvalue weighted by molar-refractivity contribution is -0.0140. The van der Waals surface area contributed by atoms with Crippen LogP contribution in [0.1, 0.15) is 39.3 Å². The van der Waals surface area contributed by atoms with Crippen LogP contribution in [0.5, 0.6) is 0 Å². The van der Waals surface area contributed by atoms with Crippen molar-refractivity contribution >= 4 is 5.91 Å². The number of aromatic nitrogens is 1. The Balaban J connectivity index is 1.60. The van der Waals surface area contributed by atoms with Gasteiger partial charge in [-0.05, 0) is 60.7 Å². The third-order valence-electron chi connectivity index (χ3n) is 5.32. The van der Waals surface area contributed by atoms with E-state index in [1.807, 2.05) is 6.07 Å². The van der Waals surface area contributed by atoms with Crippen molar-refractivity contribution in [1.82, 2.24) is 15.6 Å². The molecule has 0 radical (unpaired) electrons. The molecule has 1 aromatic heterocycles. The molecule has 4 rings (SSSR count). The van der Waals surface area contributed by atoms with E-state index in [4.69, 9.17) is 4.74 Å². The van der Waals surface area contributed by atoms with Gasteiger partial charge in [0.05, 0.1) is 24.4 Å². The molecule has 28 heavy (non-hydrogen) atoms. The molecule has 1 aromatic carbocycles. The van der Waals surface area contributed by atoms with Gasteiger partial charge in [-0.2, -0.15) is 0 Å². The zero-order valence-electron chi connectivity index (χ0n) is 15.6. The van der Waals surface area contributed by atoms with Gasteiger partial charge in [-0.25, -0.2) is 9.37 Å². The van der Waals surface area contributed by atoms with Crippen LogP contribution in [0.3, 0.4) is 0 Å². The molecule has 1 saturated heterocycles. The number of hydrogen-bond acceptors (Lipinski definition) is 5. The number of hydrogen-bond donors (Lipinski definition) is 3. The van der Waals surface area contributed by atoms with Crippen LogP contribution in [0.2, 0.25) is 0 Å². The number of carbonyl (C=O) groups is 1. The Kier molecular flexibility index (Phi) is 5.66. The Morgan fingerprint density at radius 1 is 1.36 bits per heavy atom. The molecule has 0 unspecified atom stereocenters. The monoisotopic (exact) mass is 385 g/mol. The van der Waals surface area contributed by atoms with Gasteiger partial charge in [0, 0.05) is 13.2 Å². The summed E-state index contributed by atoms with van der Waals surface area (Å²) in [5.41, 5.74) is 4.37. The molecule has 0 aliphatic carbocycles. The standard InChI is InChI=1S/C21H24FN3O3/c22-15-3-1-13(2-4-15)9-14-10-17(24-18-11-23-7-5-16(14)18)21(27)25-19-12-28-8-6-20(19)26/h1-4,10,19-20,23,26H,5-9,11-12H2,(H,25,27)/t19-,20-/m1/s1. The number of aliphatic hydroxyl groups is 1. The van der Waals surface area contributed by atoms with E-state index in [2.05, 4.69) is 15.6 Å². The number of benzene rings is 1. The lowest BCUT2D eigenvalue weighted by Crippen LogP contribution is -2.49. The third-order valence-corrected chi connectivity index (χ3v) is 5.32. The number of amides is 1. The minimum atomic E-state index is -0.615. The van der Waals surface area contributed by atoms with Crippen molar-refractivity contribution in [1.29, 1.82) is 0 Å². The molecule has 6 nitrogen and oxygen atoms in total. The molecule has 2 aromatic rings. The smallest absolute Gasteiger partial charge is 0.270 e. The quantitative estimate of drug-likeness (QED) is 0.740. The molecule has 2 aliphatic heterocycles. The van der Waals surface area contributed by atoms with Gasteiger partial charge in [0.25, 0.3) is 5.91 Å². The first-order chi connectivity index (χ1) is 13.6. The summed E-state index contributed by atoms with van der Waals surface area (Å²) in [5.74, 6) is -0.582. The van der Waals surface area contributed by atoms with Crippen molar-refractivity contribution in [3.63, 3.8) is 0 Å². The zero-order chi connectivity index (χ0) is 19.5. The summed E-state index contributed by atoms with van der Waals surface area (Å²) >= 11 is 0. The van der Waals surface area contributed by atoms with E-state index in [0.717, 1.165) is 35.3 Å². The molecule has 1 amide bonds. The van der Waals surface area contributed by atoms with E-state index in [1.165, 1.54) is 12.1 Å². The number of nitrogens with zero attached hydrogens (tertiary/aromatic N) is 1. The number of nitrogens with one attached hydrogen (secondary N) is 2. The predicted octanol–water partition coefficient (Wildman–Crippen LogP) is 1.34. The van der Waals surface area contributed by atoms with Crippen LogP contribution < -0.4 is 10.6 Å². The van der Waals surface area contributed by atoms with Crippen molar-refractivity contribution in [3.8, 4) is 0 Å². The third kappa shape index (κ3) is 4.22. The number of ether oxygens (including phenoxy) is 1. The first-order valence-corrected chi connectivity index (χ1v) is 9.63. The van der Waals surface area contributed by atoms with Crippen LogP contribution >= 0.6 is 0 Å². The molecular formula is C21H24FN3O3. The van der Waals surface area contributed by atoms with Gasteiger partial charge in [0.15, 0.2) is 0 Å². The minimum absolute atomic E-state index is 0.266. The number of pyridine rings is 1. The lowest BCUT2D eigenvalue weighted by Gasteiger charge is -2.28. The largest absolute Gasteiger partial charge is 0.391 e. The molecule has 1 fully saturated rings. The SMILES string of the molecule is O=C(N[C@@H]1COCC[C@H]1O)c1cc(Cc2ccc(F)cc2)c2c(n1)CNCC2. The fraction of sp³-hybridized carbons (Fsp3) is 0.429.